The molecular weight excluding hydrogens is 279 g/mol. The third-order valence-electron chi connectivity index (χ3n) is 1.86. The largest absolute Gasteiger partial charge is 0.325 e. The maximum Gasteiger partial charge on any atom is 0.177 e. The summed E-state index contributed by atoms with van der Waals surface area (Å²) in [4.78, 5) is 4.26. The highest BCUT2D eigenvalue weighted by Gasteiger charge is 2.05. The minimum Gasteiger partial charge on any atom is -0.325 e. The molecular formula is C8H9IN4. The van der Waals surface area contributed by atoms with Crippen molar-refractivity contribution in [3.05, 3.63) is 23.7 Å². The normalized spacial score (nSPS) is 10.7. The Morgan fingerprint density at radius 3 is 2.92 bits per heavy atom. The molecule has 4 nitrogen and oxygen atoms in total. The van der Waals surface area contributed by atoms with Gasteiger partial charge in [-0.2, -0.15) is 5.10 Å². The van der Waals surface area contributed by atoms with Crippen LogP contribution in [0.4, 0.5) is 5.69 Å². The SMILES string of the molecule is Cc1cc(NI)c2ncc(C)n2n1. The second kappa shape index (κ2) is 3.13. The fourth-order valence-electron chi connectivity index (χ4n) is 1.27. The second-order valence-electron chi connectivity index (χ2n) is 2.93. The first-order valence-electron chi connectivity index (χ1n) is 3.91. The molecule has 68 valence electrons. The van der Waals surface area contributed by atoms with Crippen LogP contribution in [0.25, 0.3) is 5.65 Å². The van der Waals surface area contributed by atoms with Crippen molar-refractivity contribution in [2.75, 3.05) is 3.53 Å². The molecule has 0 fully saturated rings. The molecule has 0 aromatic carbocycles. The maximum atomic E-state index is 4.35. The van der Waals surface area contributed by atoms with Gasteiger partial charge in [0.05, 0.1) is 46.1 Å². The monoisotopic (exact) mass is 288 g/mol. The van der Waals surface area contributed by atoms with Gasteiger partial charge < -0.3 is 3.53 Å². The summed E-state index contributed by atoms with van der Waals surface area (Å²) < 4.78 is 4.91. The Bertz CT molecular complexity index is 449. The molecule has 0 unspecified atom stereocenters. The molecule has 0 spiro atoms. The summed E-state index contributed by atoms with van der Waals surface area (Å²) in [5.41, 5.74) is 3.90. The molecule has 2 heterocycles. The Labute approximate surface area is 89.9 Å². The van der Waals surface area contributed by atoms with E-state index in [1.54, 1.807) is 0 Å². The number of halogens is 1. The lowest BCUT2D eigenvalue weighted by Crippen LogP contribution is -1.98. The van der Waals surface area contributed by atoms with Gasteiger partial charge in [0.15, 0.2) is 5.65 Å². The van der Waals surface area contributed by atoms with E-state index in [4.69, 9.17) is 0 Å². The number of aromatic nitrogens is 3. The van der Waals surface area contributed by atoms with Crippen LogP contribution >= 0.6 is 22.9 Å². The first kappa shape index (κ1) is 8.74. The van der Waals surface area contributed by atoms with Gasteiger partial charge in [-0.1, -0.05) is 0 Å². The Kier molecular flexibility index (Phi) is 2.10. The molecule has 0 aliphatic heterocycles. The van der Waals surface area contributed by atoms with Gasteiger partial charge in [0, 0.05) is 0 Å². The van der Waals surface area contributed by atoms with E-state index in [1.165, 1.54) is 0 Å². The molecule has 0 saturated heterocycles. The van der Waals surface area contributed by atoms with Gasteiger partial charge in [-0.05, 0) is 19.9 Å². The zero-order valence-electron chi connectivity index (χ0n) is 7.37. The van der Waals surface area contributed by atoms with Gasteiger partial charge in [0.2, 0.25) is 0 Å². The van der Waals surface area contributed by atoms with Crippen LogP contribution in [0, 0.1) is 13.8 Å². The molecule has 13 heavy (non-hydrogen) atoms. The number of nitrogens with zero attached hydrogens (tertiary/aromatic N) is 3. The average molecular weight is 288 g/mol. The molecule has 0 saturated carbocycles. The van der Waals surface area contributed by atoms with Gasteiger partial charge in [0.25, 0.3) is 0 Å². The third-order valence-corrected chi connectivity index (χ3v) is 2.44. The number of hydrogen-bond donors (Lipinski definition) is 1. The molecule has 2 aromatic rings. The fraction of sp³-hybridized carbons (Fsp3) is 0.250. The molecule has 5 heteroatoms. The summed E-state index contributed by atoms with van der Waals surface area (Å²) in [6, 6.07) is 1.98. The summed E-state index contributed by atoms with van der Waals surface area (Å²) in [5.74, 6) is 0. The number of fused-ring (bicyclic) bond motifs is 1. The van der Waals surface area contributed by atoms with Gasteiger partial charge in [0.1, 0.15) is 0 Å². The van der Waals surface area contributed by atoms with E-state index in [0.717, 1.165) is 22.7 Å². The molecule has 0 radical (unpaired) electrons. The van der Waals surface area contributed by atoms with Crippen molar-refractivity contribution in [3.63, 3.8) is 0 Å². The minimum absolute atomic E-state index is 0.873. The number of hydrogen-bond acceptors (Lipinski definition) is 3. The lowest BCUT2D eigenvalue weighted by atomic mass is 10.4. The lowest BCUT2D eigenvalue weighted by Gasteiger charge is -2.02. The van der Waals surface area contributed by atoms with Crippen molar-refractivity contribution in [1.29, 1.82) is 0 Å². The molecule has 0 bridgehead atoms. The molecule has 0 atom stereocenters. The Hall–Kier alpha value is -0.850. The molecule has 0 amide bonds. The summed E-state index contributed by atoms with van der Waals surface area (Å²) in [7, 11) is 0. The number of nitrogens with one attached hydrogen (secondary N) is 1. The van der Waals surface area contributed by atoms with Gasteiger partial charge >= 0.3 is 0 Å². The van der Waals surface area contributed by atoms with Crippen LogP contribution in [0.5, 0.6) is 0 Å². The first-order valence-corrected chi connectivity index (χ1v) is 4.99. The lowest BCUT2D eigenvalue weighted by molar-refractivity contribution is 0.873. The van der Waals surface area contributed by atoms with Crippen LogP contribution in [0.2, 0.25) is 0 Å². The van der Waals surface area contributed by atoms with Crippen molar-refractivity contribution in [1.82, 2.24) is 14.6 Å². The van der Waals surface area contributed by atoms with E-state index >= 15 is 0 Å². The minimum atomic E-state index is 0.873. The van der Waals surface area contributed by atoms with Gasteiger partial charge in [-0.25, -0.2) is 9.50 Å². The van der Waals surface area contributed by atoms with E-state index in [9.17, 15) is 0 Å². The van der Waals surface area contributed by atoms with E-state index in [0.29, 0.717) is 0 Å². The number of aryl methyl sites for hydroxylation is 2. The highest BCUT2D eigenvalue weighted by atomic mass is 127. The Balaban J connectivity index is 2.84. The van der Waals surface area contributed by atoms with Crippen LogP contribution in [-0.4, -0.2) is 14.6 Å². The van der Waals surface area contributed by atoms with Crippen LogP contribution < -0.4 is 3.53 Å². The summed E-state index contributed by atoms with van der Waals surface area (Å²) in [5, 5.41) is 4.35. The average Bonchev–Trinajstić information content (AvgIpc) is 2.47. The van der Waals surface area contributed by atoms with Gasteiger partial charge in [-0.3, -0.25) is 0 Å². The standard InChI is InChI=1S/C8H9IN4/c1-5-3-7(11-9)8-10-4-6(2)13(8)12-5/h3-4,11H,1-2H3. The number of anilines is 1. The second-order valence-corrected chi connectivity index (χ2v) is 3.47. The number of imidazole rings is 1. The van der Waals surface area contributed by atoms with Crippen molar-refractivity contribution >= 4 is 34.2 Å². The highest BCUT2D eigenvalue weighted by Crippen LogP contribution is 2.18. The molecule has 2 aromatic heterocycles. The maximum absolute atomic E-state index is 4.35. The van der Waals surface area contributed by atoms with Crippen molar-refractivity contribution in [2.45, 2.75) is 13.8 Å². The predicted octanol–water partition coefficient (Wildman–Crippen LogP) is 2.11. The highest BCUT2D eigenvalue weighted by molar-refractivity contribution is 14.1. The molecule has 1 N–H and O–H groups in total. The Morgan fingerprint density at radius 1 is 1.46 bits per heavy atom. The van der Waals surface area contributed by atoms with Crippen molar-refractivity contribution < 1.29 is 0 Å². The van der Waals surface area contributed by atoms with Crippen LogP contribution in [-0.2, 0) is 0 Å². The van der Waals surface area contributed by atoms with Crippen molar-refractivity contribution in [3.8, 4) is 0 Å². The van der Waals surface area contributed by atoms with E-state index in [1.807, 2.05) is 30.6 Å². The molecule has 0 aliphatic carbocycles. The third kappa shape index (κ3) is 1.37. The van der Waals surface area contributed by atoms with Crippen LogP contribution in [0.3, 0.4) is 0 Å². The van der Waals surface area contributed by atoms with Gasteiger partial charge in [-0.15, -0.1) is 0 Å². The van der Waals surface area contributed by atoms with Crippen molar-refractivity contribution in [2.24, 2.45) is 0 Å². The fourth-order valence-corrected chi connectivity index (χ4v) is 1.67. The molecule has 0 aliphatic rings. The summed E-state index contributed by atoms with van der Waals surface area (Å²) in [6.45, 7) is 3.96. The van der Waals surface area contributed by atoms with Crippen LogP contribution in [0.1, 0.15) is 11.4 Å². The first-order chi connectivity index (χ1) is 6.22. The summed E-state index contributed by atoms with van der Waals surface area (Å²) in [6.07, 6.45) is 1.82. The smallest absolute Gasteiger partial charge is 0.177 e. The van der Waals surface area contributed by atoms with E-state index in [-0.39, 0.29) is 0 Å². The topological polar surface area (TPSA) is 42.2 Å². The predicted molar refractivity (Wildman–Crippen MR) is 60.1 cm³/mol. The zero-order valence-corrected chi connectivity index (χ0v) is 9.53. The Morgan fingerprint density at radius 2 is 2.23 bits per heavy atom. The van der Waals surface area contributed by atoms with E-state index < -0.39 is 0 Å². The summed E-state index contributed by atoms with van der Waals surface area (Å²) >= 11 is 2.10. The van der Waals surface area contributed by atoms with E-state index in [2.05, 4.69) is 36.5 Å². The quantitative estimate of drug-likeness (QED) is 0.645. The number of rotatable bonds is 1. The van der Waals surface area contributed by atoms with Crippen LogP contribution in [0.15, 0.2) is 12.3 Å². The zero-order chi connectivity index (χ0) is 9.42. The molecule has 2 rings (SSSR count).